The lowest BCUT2D eigenvalue weighted by atomic mass is 9.97. The van der Waals surface area contributed by atoms with Crippen molar-refractivity contribution in [2.45, 2.75) is 18.6 Å². The normalized spacial score (nSPS) is 12.3. The van der Waals surface area contributed by atoms with Crippen LogP contribution in [0.3, 0.4) is 0 Å². The molecule has 2 aromatic carbocycles. The first kappa shape index (κ1) is 17.5. The number of hydrogen-bond acceptors (Lipinski definition) is 5. The lowest BCUT2D eigenvalue weighted by molar-refractivity contribution is -0.174. The second kappa shape index (κ2) is 6.31. The zero-order valence-electron chi connectivity index (χ0n) is 12.0. The first-order valence-corrected chi connectivity index (χ1v) is 8.34. The van der Waals surface area contributed by atoms with E-state index in [2.05, 4.69) is 0 Å². The monoisotopic (exact) mass is 340 g/mol. The Morgan fingerprint density at radius 1 is 1.00 bits per heavy atom. The number of aryl methyl sites for hydroxylation is 1. The standard InChI is InChI=1S/C15H17O7P/c16-11-4-1-3-10(9-11)7-8-15(18,19)14-12(17)5-2-6-13(14)23(20,21)22/h1-6,9,16-19H,7-8H2,(H2,20,21,22). The summed E-state index contributed by atoms with van der Waals surface area (Å²) >= 11 is 0. The lowest BCUT2D eigenvalue weighted by Gasteiger charge is -2.26. The summed E-state index contributed by atoms with van der Waals surface area (Å²) in [5, 5.41) is 39.0. The van der Waals surface area contributed by atoms with Gasteiger partial charge in [-0.3, -0.25) is 4.57 Å². The van der Waals surface area contributed by atoms with E-state index in [-0.39, 0.29) is 18.6 Å². The molecule has 0 spiro atoms. The van der Waals surface area contributed by atoms with Gasteiger partial charge < -0.3 is 30.2 Å². The van der Waals surface area contributed by atoms with Crippen LogP contribution in [0.4, 0.5) is 0 Å². The number of phenols is 2. The number of rotatable bonds is 5. The smallest absolute Gasteiger partial charge is 0.356 e. The van der Waals surface area contributed by atoms with Crippen molar-refractivity contribution in [3.8, 4) is 11.5 Å². The Labute approximate surface area is 132 Å². The highest BCUT2D eigenvalue weighted by molar-refractivity contribution is 7.60. The molecule has 8 heteroatoms. The first-order chi connectivity index (χ1) is 10.6. The van der Waals surface area contributed by atoms with Gasteiger partial charge in [-0.2, -0.15) is 0 Å². The summed E-state index contributed by atoms with van der Waals surface area (Å²) in [6.45, 7) is 0. The minimum Gasteiger partial charge on any atom is -0.508 e. The molecule has 0 aliphatic heterocycles. The molecule has 0 unspecified atom stereocenters. The zero-order chi connectivity index (χ0) is 17.3. The van der Waals surface area contributed by atoms with E-state index in [1.54, 1.807) is 12.1 Å². The van der Waals surface area contributed by atoms with E-state index in [9.17, 15) is 34.8 Å². The average molecular weight is 340 g/mol. The van der Waals surface area contributed by atoms with Crippen LogP contribution in [0.15, 0.2) is 42.5 Å². The molecule has 0 aliphatic rings. The maximum atomic E-state index is 11.5. The van der Waals surface area contributed by atoms with Crippen molar-refractivity contribution in [2.24, 2.45) is 0 Å². The van der Waals surface area contributed by atoms with Crippen LogP contribution >= 0.6 is 7.60 Å². The highest BCUT2D eigenvalue weighted by Crippen LogP contribution is 2.41. The molecule has 0 fully saturated rings. The van der Waals surface area contributed by atoms with Crippen LogP contribution in [0.2, 0.25) is 0 Å². The number of phenolic OH excluding ortho intramolecular Hbond substituents is 2. The summed E-state index contributed by atoms with van der Waals surface area (Å²) in [6.07, 6.45) is -0.225. The Kier molecular flexibility index (Phi) is 4.79. The van der Waals surface area contributed by atoms with E-state index in [0.29, 0.717) is 5.56 Å². The molecule has 0 amide bonds. The Morgan fingerprint density at radius 3 is 2.26 bits per heavy atom. The summed E-state index contributed by atoms with van der Waals surface area (Å²) in [7, 11) is -4.80. The van der Waals surface area contributed by atoms with Crippen LogP contribution in [-0.2, 0) is 16.8 Å². The third-order valence-corrected chi connectivity index (χ3v) is 4.41. The van der Waals surface area contributed by atoms with Crippen LogP contribution in [0.5, 0.6) is 11.5 Å². The van der Waals surface area contributed by atoms with Crippen molar-refractivity contribution in [3.05, 3.63) is 53.6 Å². The summed E-state index contributed by atoms with van der Waals surface area (Å²) in [4.78, 5) is 18.6. The molecule has 23 heavy (non-hydrogen) atoms. The van der Waals surface area contributed by atoms with Gasteiger partial charge in [-0.15, -0.1) is 0 Å². The molecule has 2 aromatic rings. The molecule has 0 heterocycles. The minimum atomic E-state index is -4.80. The lowest BCUT2D eigenvalue weighted by Crippen LogP contribution is -2.32. The third kappa shape index (κ3) is 4.10. The van der Waals surface area contributed by atoms with Gasteiger partial charge in [0.2, 0.25) is 0 Å². The topological polar surface area (TPSA) is 138 Å². The third-order valence-electron chi connectivity index (χ3n) is 3.41. The van der Waals surface area contributed by atoms with Gasteiger partial charge in [0.15, 0.2) is 5.79 Å². The van der Waals surface area contributed by atoms with Gasteiger partial charge in [0, 0.05) is 6.42 Å². The van der Waals surface area contributed by atoms with Gasteiger partial charge >= 0.3 is 7.60 Å². The Morgan fingerprint density at radius 2 is 1.65 bits per heavy atom. The quantitative estimate of drug-likeness (QED) is 0.347. The van der Waals surface area contributed by atoms with Crippen LogP contribution in [0.1, 0.15) is 17.5 Å². The molecule has 7 nitrogen and oxygen atoms in total. The van der Waals surface area contributed by atoms with Gasteiger partial charge in [0.05, 0.1) is 10.9 Å². The highest BCUT2D eigenvalue weighted by Gasteiger charge is 2.36. The van der Waals surface area contributed by atoms with Gasteiger partial charge in [0.1, 0.15) is 11.5 Å². The van der Waals surface area contributed by atoms with E-state index < -0.39 is 30.0 Å². The highest BCUT2D eigenvalue weighted by atomic mass is 31.2. The molecule has 6 N–H and O–H groups in total. The predicted octanol–water partition coefficient (Wildman–Crippen LogP) is 0.671. The SMILES string of the molecule is O=P(O)(O)c1cccc(O)c1C(O)(O)CCc1cccc(O)c1. The van der Waals surface area contributed by atoms with Crippen LogP contribution in [-0.4, -0.2) is 30.2 Å². The molecule has 0 aliphatic carbocycles. The number of hydrogen-bond donors (Lipinski definition) is 6. The van der Waals surface area contributed by atoms with Crippen molar-refractivity contribution in [1.82, 2.24) is 0 Å². The number of benzene rings is 2. The van der Waals surface area contributed by atoms with Gasteiger partial charge in [-0.25, -0.2) is 0 Å². The van der Waals surface area contributed by atoms with E-state index in [1.165, 1.54) is 18.2 Å². The Bertz CT molecular complexity index is 751. The molecule has 0 saturated carbocycles. The molecule has 0 radical (unpaired) electrons. The molecular weight excluding hydrogens is 323 g/mol. The van der Waals surface area contributed by atoms with Crippen molar-refractivity contribution in [2.75, 3.05) is 0 Å². The second-order valence-electron chi connectivity index (χ2n) is 5.20. The Balaban J connectivity index is 2.34. The van der Waals surface area contributed by atoms with Crippen LogP contribution in [0.25, 0.3) is 0 Å². The fraction of sp³-hybridized carbons (Fsp3) is 0.200. The minimum absolute atomic E-state index is 0.0162. The first-order valence-electron chi connectivity index (χ1n) is 6.72. The second-order valence-corrected chi connectivity index (χ2v) is 6.77. The zero-order valence-corrected chi connectivity index (χ0v) is 12.9. The molecule has 0 saturated heterocycles. The summed E-state index contributed by atoms with van der Waals surface area (Å²) < 4.78 is 11.5. The molecule has 0 aromatic heterocycles. The largest absolute Gasteiger partial charge is 0.508 e. The van der Waals surface area contributed by atoms with Crippen molar-refractivity contribution in [1.29, 1.82) is 0 Å². The molecule has 2 rings (SSSR count). The molecule has 124 valence electrons. The summed E-state index contributed by atoms with van der Waals surface area (Å²) in [5.41, 5.74) is -0.0147. The van der Waals surface area contributed by atoms with Crippen LogP contribution < -0.4 is 5.30 Å². The van der Waals surface area contributed by atoms with Crippen molar-refractivity contribution < 1.29 is 34.8 Å². The maximum Gasteiger partial charge on any atom is 0.356 e. The maximum absolute atomic E-state index is 11.5. The Hall–Kier alpha value is -1.89. The summed E-state index contributed by atoms with van der Waals surface area (Å²) in [6, 6.07) is 9.50. The van der Waals surface area contributed by atoms with E-state index in [0.717, 1.165) is 12.1 Å². The predicted molar refractivity (Wildman–Crippen MR) is 82.3 cm³/mol. The van der Waals surface area contributed by atoms with Crippen LogP contribution in [0, 0.1) is 0 Å². The van der Waals surface area contributed by atoms with Crippen molar-refractivity contribution in [3.63, 3.8) is 0 Å². The van der Waals surface area contributed by atoms with E-state index in [4.69, 9.17) is 0 Å². The fourth-order valence-corrected chi connectivity index (χ4v) is 3.20. The van der Waals surface area contributed by atoms with Gasteiger partial charge in [0.25, 0.3) is 0 Å². The average Bonchev–Trinajstić information content (AvgIpc) is 2.44. The van der Waals surface area contributed by atoms with E-state index in [1.807, 2.05) is 0 Å². The molecule has 0 atom stereocenters. The van der Waals surface area contributed by atoms with Gasteiger partial charge in [-0.05, 0) is 36.2 Å². The molecular formula is C15H17O7P. The number of aromatic hydroxyl groups is 2. The fourth-order valence-electron chi connectivity index (χ4n) is 2.34. The summed E-state index contributed by atoms with van der Waals surface area (Å²) in [5.74, 6) is -3.25. The molecule has 0 bridgehead atoms. The van der Waals surface area contributed by atoms with E-state index >= 15 is 0 Å². The van der Waals surface area contributed by atoms with Crippen molar-refractivity contribution >= 4 is 12.9 Å². The van der Waals surface area contributed by atoms with Gasteiger partial charge in [-0.1, -0.05) is 18.2 Å². The number of aliphatic hydroxyl groups is 2.